The Hall–Kier alpha value is -1.94. The first-order valence-electron chi connectivity index (χ1n) is 8.70. The van der Waals surface area contributed by atoms with E-state index < -0.39 is 13.5 Å². The van der Waals surface area contributed by atoms with Gasteiger partial charge in [0.1, 0.15) is 0 Å². The highest BCUT2D eigenvalue weighted by Crippen LogP contribution is 2.52. The van der Waals surface area contributed by atoms with Crippen molar-refractivity contribution in [3.8, 4) is 0 Å². The monoisotopic (exact) mass is 374 g/mol. The number of cyclic esters (lactones) is 1. The predicted molar refractivity (Wildman–Crippen MR) is 98.6 cm³/mol. The summed E-state index contributed by atoms with van der Waals surface area (Å²) in [6.45, 7) is 2.17. The first-order chi connectivity index (χ1) is 12.5. The zero-order valence-electron chi connectivity index (χ0n) is 14.7. The van der Waals surface area contributed by atoms with Crippen molar-refractivity contribution >= 4 is 13.6 Å². The van der Waals surface area contributed by atoms with Gasteiger partial charge in [-0.25, -0.2) is 0 Å². The molecule has 0 amide bonds. The molecule has 0 spiro atoms. The highest BCUT2D eigenvalue weighted by Gasteiger charge is 2.39. The summed E-state index contributed by atoms with van der Waals surface area (Å²) >= 11 is 0. The number of esters is 1. The molecule has 1 heterocycles. The second-order valence-electron chi connectivity index (χ2n) is 6.49. The van der Waals surface area contributed by atoms with E-state index >= 15 is 0 Å². The van der Waals surface area contributed by atoms with E-state index in [0.29, 0.717) is 6.42 Å². The molecule has 0 N–H and O–H groups in total. The van der Waals surface area contributed by atoms with Gasteiger partial charge in [-0.3, -0.25) is 9.36 Å². The lowest BCUT2D eigenvalue weighted by Gasteiger charge is -2.20. The number of ether oxygens (including phenoxy) is 1. The minimum atomic E-state index is -3.46. The summed E-state index contributed by atoms with van der Waals surface area (Å²) in [5.41, 5.74) is 1.80. The van der Waals surface area contributed by atoms with Crippen molar-refractivity contribution < 1.29 is 23.1 Å². The summed E-state index contributed by atoms with van der Waals surface area (Å²) in [6, 6.07) is 19.0. The molecule has 0 saturated carbocycles. The van der Waals surface area contributed by atoms with Crippen LogP contribution in [0.5, 0.6) is 0 Å². The van der Waals surface area contributed by atoms with E-state index in [1.165, 1.54) is 0 Å². The molecule has 2 aromatic carbocycles. The molecule has 26 heavy (non-hydrogen) atoms. The molecule has 5 nitrogen and oxygen atoms in total. The van der Waals surface area contributed by atoms with Crippen LogP contribution in [-0.4, -0.2) is 18.2 Å². The molecule has 138 valence electrons. The van der Waals surface area contributed by atoms with Crippen molar-refractivity contribution in [2.24, 2.45) is 5.92 Å². The van der Waals surface area contributed by atoms with Crippen LogP contribution >= 0.6 is 7.60 Å². The molecule has 0 radical (unpaired) electrons. The van der Waals surface area contributed by atoms with Gasteiger partial charge < -0.3 is 13.8 Å². The van der Waals surface area contributed by atoms with Gasteiger partial charge in [0.15, 0.2) is 0 Å². The molecule has 1 aliphatic rings. The Balaban J connectivity index is 1.69. The van der Waals surface area contributed by atoms with E-state index in [4.69, 9.17) is 13.8 Å². The SMILES string of the molecule is C[C@@H]1C[C@H](CP(=O)(OCc2ccccc2)OCc2ccccc2)C(=O)O1. The molecule has 2 aromatic rings. The lowest BCUT2D eigenvalue weighted by Crippen LogP contribution is -2.15. The van der Waals surface area contributed by atoms with Gasteiger partial charge in [0.2, 0.25) is 0 Å². The van der Waals surface area contributed by atoms with Crippen LogP contribution in [0.1, 0.15) is 24.5 Å². The average Bonchev–Trinajstić information content (AvgIpc) is 2.97. The Morgan fingerprint density at radius 1 is 0.962 bits per heavy atom. The molecule has 1 aliphatic heterocycles. The second-order valence-corrected chi connectivity index (χ2v) is 8.60. The van der Waals surface area contributed by atoms with Crippen LogP contribution in [0.25, 0.3) is 0 Å². The van der Waals surface area contributed by atoms with Gasteiger partial charge in [0.05, 0.1) is 31.4 Å². The van der Waals surface area contributed by atoms with E-state index in [1.54, 1.807) is 0 Å². The maximum absolute atomic E-state index is 13.3. The minimum absolute atomic E-state index is 0.0375. The van der Waals surface area contributed by atoms with Crippen LogP contribution < -0.4 is 0 Å². The number of carbonyl (C=O) groups excluding carboxylic acids is 1. The fourth-order valence-electron chi connectivity index (χ4n) is 2.90. The van der Waals surface area contributed by atoms with Crippen LogP contribution in [0, 0.1) is 5.92 Å². The second kappa shape index (κ2) is 8.63. The van der Waals surface area contributed by atoms with E-state index in [2.05, 4.69) is 0 Å². The summed E-state index contributed by atoms with van der Waals surface area (Å²) in [4.78, 5) is 12.0. The van der Waals surface area contributed by atoms with Crippen LogP contribution in [0.3, 0.4) is 0 Å². The Kier molecular flexibility index (Phi) is 6.25. The van der Waals surface area contributed by atoms with Crippen LogP contribution in [0.4, 0.5) is 0 Å². The van der Waals surface area contributed by atoms with Gasteiger partial charge in [-0.15, -0.1) is 0 Å². The maximum Gasteiger partial charge on any atom is 0.332 e. The van der Waals surface area contributed by atoms with Crippen LogP contribution in [0.15, 0.2) is 60.7 Å². The summed E-state index contributed by atoms with van der Waals surface area (Å²) in [5, 5.41) is 0. The summed E-state index contributed by atoms with van der Waals surface area (Å²) in [7, 11) is -3.46. The molecular weight excluding hydrogens is 351 g/mol. The Morgan fingerprint density at radius 2 is 1.46 bits per heavy atom. The number of rotatable bonds is 8. The Morgan fingerprint density at radius 3 is 1.88 bits per heavy atom. The van der Waals surface area contributed by atoms with Crippen molar-refractivity contribution in [2.45, 2.75) is 32.7 Å². The molecule has 2 atom stereocenters. The molecule has 0 aromatic heterocycles. The summed E-state index contributed by atoms with van der Waals surface area (Å²) < 4.78 is 29.9. The lowest BCUT2D eigenvalue weighted by molar-refractivity contribution is -0.143. The van der Waals surface area contributed by atoms with Gasteiger partial charge in [-0.05, 0) is 24.5 Å². The molecule has 0 bridgehead atoms. The quantitative estimate of drug-likeness (QED) is 0.501. The molecule has 6 heteroatoms. The number of benzene rings is 2. The maximum atomic E-state index is 13.3. The smallest absolute Gasteiger partial charge is 0.332 e. The van der Waals surface area contributed by atoms with Crippen molar-refractivity contribution in [3.63, 3.8) is 0 Å². The van der Waals surface area contributed by atoms with E-state index in [9.17, 15) is 9.36 Å². The van der Waals surface area contributed by atoms with Gasteiger partial charge >= 0.3 is 13.6 Å². The van der Waals surface area contributed by atoms with Gasteiger partial charge in [0, 0.05) is 0 Å². The van der Waals surface area contributed by atoms with E-state index in [-0.39, 0.29) is 31.4 Å². The molecule has 0 unspecified atom stereocenters. The fraction of sp³-hybridized carbons (Fsp3) is 0.350. The molecular formula is C20H23O5P. The third kappa shape index (κ3) is 5.28. The van der Waals surface area contributed by atoms with Crippen molar-refractivity contribution in [1.82, 2.24) is 0 Å². The molecule has 3 rings (SSSR count). The van der Waals surface area contributed by atoms with Crippen molar-refractivity contribution in [1.29, 1.82) is 0 Å². The zero-order chi connectivity index (χ0) is 18.4. The summed E-state index contributed by atoms with van der Waals surface area (Å²) in [6.07, 6.45) is 0.409. The minimum Gasteiger partial charge on any atom is -0.462 e. The van der Waals surface area contributed by atoms with Gasteiger partial charge in [0.25, 0.3) is 0 Å². The lowest BCUT2D eigenvalue weighted by atomic mass is 10.1. The third-order valence-electron chi connectivity index (χ3n) is 4.25. The van der Waals surface area contributed by atoms with Crippen molar-refractivity contribution in [3.05, 3.63) is 71.8 Å². The highest BCUT2D eigenvalue weighted by atomic mass is 31.2. The first kappa shape index (κ1) is 18.8. The average molecular weight is 374 g/mol. The van der Waals surface area contributed by atoms with Gasteiger partial charge in [-0.2, -0.15) is 0 Å². The number of carbonyl (C=O) groups is 1. The fourth-order valence-corrected chi connectivity index (χ4v) is 4.71. The highest BCUT2D eigenvalue weighted by molar-refractivity contribution is 7.53. The standard InChI is InChI=1S/C20H23O5P/c1-16-12-19(20(21)25-16)15-26(22,23-13-17-8-4-2-5-9-17)24-14-18-10-6-3-7-11-18/h2-11,16,19H,12-15H2,1H3/t16-,19-/m1/s1. The van der Waals surface area contributed by atoms with Crippen LogP contribution in [-0.2, 0) is 36.4 Å². The molecule has 0 aliphatic carbocycles. The van der Waals surface area contributed by atoms with Gasteiger partial charge in [-0.1, -0.05) is 60.7 Å². The Bertz CT molecular complexity index is 715. The van der Waals surface area contributed by atoms with Crippen molar-refractivity contribution in [2.75, 3.05) is 6.16 Å². The van der Waals surface area contributed by atoms with Crippen LogP contribution in [0.2, 0.25) is 0 Å². The Labute approximate surface area is 153 Å². The first-order valence-corrected chi connectivity index (χ1v) is 10.4. The third-order valence-corrected chi connectivity index (χ3v) is 6.19. The predicted octanol–water partition coefficient (Wildman–Crippen LogP) is 4.56. The van der Waals surface area contributed by atoms with E-state index in [0.717, 1.165) is 11.1 Å². The summed E-state index contributed by atoms with van der Waals surface area (Å²) in [5.74, 6) is -0.785. The molecule has 1 saturated heterocycles. The number of hydrogen-bond acceptors (Lipinski definition) is 5. The normalized spacial score (nSPS) is 20.1. The zero-order valence-corrected chi connectivity index (χ0v) is 15.6. The largest absolute Gasteiger partial charge is 0.462 e. The number of hydrogen-bond donors (Lipinski definition) is 0. The van der Waals surface area contributed by atoms with E-state index in [1.807, 2.05) is 67.6 Å². The topological polar surface area (TPSA) is 61.8 Å². The molecule has 1 fully saturated rings.